The molecule has 0 spiro atoms. The Bertz CT molecular complexity index is 246. The number of nitrogens with two attached hydrogens (primary N) is 1. The fourth-order valence-corrected chi connectivity index (χ4v) is 0.903. The molecule has 4 heteroatoms. The van der Waals surface area contributed by atoms with Crippen molar-refractivity contribution >= 4 is 0 Å². The third kappa shape index (κ3) is 3.57. The molecule has 2 N–H and O–H groups in total. The minimum atomic E-state index is 0.211. The topological polar surface area (TPSA) is 61.3 Å². The van der Waals surface area contributed by atoms with E-state index < -0.39 is 0 Å². The first-order valence-corrected chi connectivity index (χ1v) is 4.47. The Balaban J connectivity index is 2.39. The van der Waals surface area contributed by atoms with Crippen LogP contribution in [0.1, 0.15) is 25.5 Å². The summed E-state index contributed by atoms with van der Waals surface area (Å²) < 4.78 is 10.7. The van der Waals surface area contributed by atoms with E-state index in [1.165, 1.54) is 0 Å². The number of hydrogen-bond acceptors (Lipinski definition) is 4. The minimum Gasteiger partial charge on any atom is -0.443 e. The van der Waals surface area contributed by atoms with Crippen LogP contribution in [0.15, 0.2) is 10.6 Å². The fourth-order valence-electron chi connectivity index (χ4n) is 0.903. The summed E-state index contributed by atoms with van der Waals surface area (Å²) in [5.41, 5.74) is 5.36. The molecule has 13 heavy (non-hydrogen) atoms. The molecule has 1 heterocycles. The maximum absolute atomic E-state index is 5.36. The van der Waals surface area contributed by atoms with Crippen molar-refractivity contribution in [2.24, 2.45) is 5.73 Å². The number of hydrogen-bond donors (Lipinski definition) is 1. The molecule has 0 fully saturated rings. The van der Waals surface area contributed by atoms with Gasteiger partial charge >= 0.3 is 0 Å². The lowest BCUT2D eigenvalue weighted by Gasteiger charge is -2.03. The zero-order valence-corrected chi connectivity index (χ0v) is 8.12. The van der Waals surface area contributed by atoms with Crippen LogP contribution in [-0.2, 0) is 17.8 Å². The summed E-state index contributed by atoms with van der Waals surface area (Å²) in [6.07, 6.45) is 2.58. The highest BCUT2D eigenvalue weighted by Crippen LogP contribution is 2.06. The monoisotopic (exact) mass is 184 g/mol. The molecule has 0 aromatic carbocycles. The van der Waals surface area contributed by atoms with Gasteiger partial charge in [-0.1, -0.05) is 0 Å². The number of aromatic nitrogens is 1. The van der Waals surface area contributed by atoms with E-state index in [-0.39, 0.29) is 6.10 Å². The molecule has 0 atom stereocenters. The maximum Gasteiger partial charge on any atom is 0.195 e. The fraction of sp³-hybridized carbons (Fsp3) is 0.667. The second-order valence-corrected chi connectivity index (χ2v) is 3.12. The number of ether oxygens (including phenoxy) is 1. The largest absolute Gasteiger partial charge is 0.443 e. The molecule has 1 aromatic rings. The molecule has 0 amide bonds. The van der Waals surface area contributed by atoms with Crippen LogP contribution in [-0.4, -0.2) is 17.6 Å². The molecule has 0 radical (unpaired) electrons. The van der Waals surface area contributed by atoms with Crippen LogP contribution in [0, 0.1) is 0 Å². The van der Waals surface area contributed by atoms with Crippen LogP contribution < -0.4 is 5.73 Å². The summed E-state index contributed by atoms with van der Waals surface area (Å²) in [5, 5.41) is 0. The molecular formula is C9H16N2O2. The number of nitrogens with zero attached hydrogens (tertiary/aromatic N) is 1. The summed E-state index contributed by atoms with van der Waals surface area (Å²) in [5.74, 6) is 1.45. The average molecular weight is 184 g/mol. The predicted octanol–water partition coefficient (Wildman–Crippen LogP) is 1.10. The van der Waals surface area contributed by atoms with Gasteiger partial charge in [-0.2, -0.15) is 0 Å². The molecule has 1 aromatic heterocycles. The van der Waals surface area contributed by atoms with Crippen molar-refractivity contribution in [2.45, 2.75) is 33.0 Å². The van der Waals surface area contributed by atoms with Crippen molar-refractivity contribution in [3.8, 4) is 0 Å². The van der Waals surface area contributed by atoms with Crippen molar-refractivity contribution in [3.05, 3.63) is 17.8 Å². The lowest BCUT2D eigenvalue weighted by molar-refractivity contribution is 0.0539. The van der Waals surface area contributed by atoms with E-state index in [4.69, 9.17) is 14.9 Å². The van der Waals surface area contributed by atoms with Crippen LogP contribution in [0.25, 0.3) is 0 Å². The van der Waals surface area contributed by atoms with Gasteiger partial charge in [-0.15, -0.1) is 0 Å². The first-order chi connectivity index (χ1) is 6.22. The van der Waals surface area contributed by atoms with Gasteiger partial charge in [-0.3, -0.25) is 0 Å². The highest BCUT2D eigenvalue weighted by molar-refractivity contribution is 4.92. The van der Waals surface area contributed by atoms with E-state index >= 15 is 0 Å². The van der Waals surface area contributed by atoms with E-state index in [0.717, 1.165) is 5.76 Å². The maximum atomic E-state index is 5.36. The number of rotatable bonds is 5. The van der Waals surface area contributed by atoms with Crippen molar-refractivity contribution in [2.75, 3.05) is 6.54 Å². The first kappa shape index (κ1) is 10.2. The van der Waals surface area contributed by atoms with Crippen LogP contribution in [0.5, 0.6) is 0 Å². The van der Waals surface area contributed by atoms with Gasteiger partial charge in [0.2, 0.25) is 0 Å². The van der Waals surface area contributed by atoms with E-state index in [9.17, 15) is 0 Å². The van der Waals surface area contributed by atoms with E-state index in [1.54, 1.807) is 6.20 Å². The van der Waals surface area contributed by atoms with Crippen molar-refractivity contribution in [1.82, 2.24) is 4.98 Å². The summed E-state index contributed by atoms with van der Waals surface area (Å²) in [7, 11) is 0. The normalized spacial score (nSPS) is 11.1. The lowest BCUT2D eigenvalue weighted by atomic mass is 10.4. The number of oxazole rings is 1. The van der Waals surface area contributed by atoms with Crippen LogP contribution >= 0.6 is 0 Å². The van der Waals surface area contributed by atoms with Crippen LogP contribution in [0.2, 0.25) is 0 Å². The third-order valence-corrected chi connectivity index (χ3v) is 1.52. The molecule has 0 aliphatic heterocycles. The predicted molar refractivity (Wildman–Crippen MR) is 49.2 cm³/mol. The zero-order valence-electron chi connectivity index (χ0n) is 8.12. The summed E-state index contributed by atoms with van der Waals surface area (Å²) >= 11 is 0. The van der Waals surface area contributed by atoms with Crippen LogP contribution in [0.3, 0.4) is 0 Å². The van der Waals surface area contributed by atoms with E-state index in [2.05, 4.69) is 4.98 Å². The van der Waals surface area contributed by atoms with E-state index in [0.29, 0.717) is 25.5 Å². The highest BCUT2D eigenvalue weighted by atomic mass is 16.5. The van der Waals surface area contributed by atoms with Crippen LogP contribution in [0.4, 0.5) is 0 Å². The molecule has 0 bridgehead atoms. The molecule has 0 aliphatic carbocycles. The highest BCUT2D eigenvalue weighted by Gasteiger charge is 2.03. The SMILES string of the molecule is CC(C)OCc1cnc(CCN)o1. The summed E-state index contributed by atoms with van der Waals surface area (Å²) in [4.78, 5) is 4.06. The zero-order chi connectivity index (χ0) is 9.68. The van der Waals surface area contributed by atoms with Gasteiger partial charge in [0, 0.05) is 13.0 Å². The Labute approximate surface area is 78.1 Å². The van der Waals surface area contributed by atoms with Gasteiger partial charge in [0.15, 0.2) is 5.89 Å². The second kappa shape index (κ2) is 4.99. The van der Waals surface area contributed by atoms with Gasteiger partial charge in [0.1, 0.15) is 12.4 Å². The standard InChI is InChI=1S/C9H16N2O2/c1-7(2)12-6-8-5-11-9(13-8)3-4-10/h5,7H,3-4,6,10H2,1-2H3. The molecule has 0 unspecified atom stereocenters. The Morgan fingerprint density at radius 2 is 2.38 bits per heavy atom. The van der Waals surface area contributed by atoms with E-state index in [1.807, 2.05) is 13.8 Å². The molecule has 4 nitrogen and oxygen atoms in total. The Morgan fingerprint density at radius 3 is 3.00 bits per heavy atom. The van der Waals surface area contributed by atoms with Gasteiger partial charge in [0.05, 0.1) is 12.3 Å². The molecule has 0 aliphatic rings. The molecule has 0 saturated heterocycles. The molecular weight excluding hydrogens is 168 g/mol. The Morgan fingerprint density at radius 1 is 1.62 bits per heavy atom. The summed E-state index contributed by atoms with van der Waals surface area (Å²) in [6.45, 7) is 5.01. The average Bonchev–Trinajstić information content (AvgIpc) is 2.50. The molecule has 0 saturated carbocycles. The quantitative estimate of drug-likeness (QED) is 0.744. The van der Waals surface area contributed by atoms with Crippen molar-refractivity contribution < 1.29 is 9.15 Å². The van der Waals surface area contributed by atoms with Crippen molar-refractivity contribution in [1.29, 1.82) is 0 Å². The molecule has 1 rings (SSSR count). The first-order valence-electron chi connectivity index (χ1n) is 4.47. The van der Waals surface area contributed by atoms with Gasteiger partial charge in [0.25, 0.3) is 0 Å². The second-order valence-electron chi connectivity index (χ2n) is 3.12. The lowest BCUT2D eigenvalue weighted by Crippen LogP contribution is -2.02. The molecule has 74 valence electrons. The third-order valence-electron chi connectivity index (χ3n) is 1.52. The summed E-state index contributed by atoms with van der Waals surface area (Å²) in [6, 6.07) is 0. The van der Waals surface area contributed by atoms with Gasteiger partial charge in [-0.05, 0) is 13.8 Å². The van der Waals surface area contributed by atoms with Gasteiger partial charge < -0.3 is 14.9 Å². The van der Waals surface area contributed by atoms with Crippen molar-refractivity contribution in [3.63, 3.8) is 0 Å². The Hall–Kier alpha value is -0.870. The smallest absolute Gasteiger partial charge is 0.195 e. The Kier molecular flexibility index (Phi) is 3.92. The minimum absolute atomic E-state index is 0.211. The van der Waals surface area contributed by atoms with Gasteiger partial charge in [-0.25, -0.2) is 4.98 Å².